The molecule has 2 aromatic carbocycles. The Labute approximate surface area is 158 Å². The minimum absolute atomic E-state index is 0.586. The summed E-state index contributed by atoms with van der Waals surface area (Å²) >= 11 is 0. The van der Waals surface area contributed by atoms with Crippen molar-refractivity contribution in [3.63, 3.8) is 0 Å². The van der Waals surface area contributed by atoms with E-state index in [0.717, 1.165) is 35.4 Å². The first kappa shape index (κ1) is 17.0. The average Bonchev–Trinajstić information content (AvgIpc) is 2.74. The van der Waals surface area contributed by atoms with Crippen LogP contribution >= 0.6 is 0 Å². The van der Waals surface area contributed by atoms with Gasteiger partial charge in [0, 0.05) is 18.1 Å². The molecule has 0 aliphatic rings. The predicted octanol–water partition coefficient (Wildman–Crippen LogP) is 4.29. The molecule has 0 radical (unpaired) electrons. The molecule has 0 aliphatic heterocycles. The molecule has 0 aliphatic carbocycles. The Morgan fingerprint density at radius 1 is 0.741 bits per heavy atom. The highest BCUT2D eigenvalue weighted by molar-refractivity contribution is 5.90. The van der Waals surface area contributed by atoms with Crippen molar-refractivity contribution in [3.05, 3.63) is 90.3 Å². The molecule has 0 amide bonds. The van der Waals surface area contributed by atoms with Gasteiger partial charge in [-0.25, -0.2) is 4.98 Å². The van der Waals surface area contributed by atoms with E-state index in [0.29, 0.717) is 12.5 Å². The average molecular weight is 355 g/mol. The molecule has 0 bridgehead atoms. The lowest BCUT2D eigenvalue weighted by atomic mass is 10.1. The van der Waals surface area contributed by atoms with Crippen molar-refractivity contribution in [3.8, 4) is 0 Å². The molecule has 0 atom stereocenters. The standard InChI is InChI=1S/C22H21N5/c1-2-8-17(9-3-1)13-15-24-21-19-11-4-5-12-20(19)26-22(27-21)25-16-18-10-6-7-14-23-18/h1-12,14H,13,15-16H2,(H2,24,25,26,27). The summed E-state index contributed by atoms with van der Waals surface area (Å²) in [6.07, 6.45) is 2.73. The molecule has 2 N–H and O–H groups in total. The van der Waals surface area contributed by atoms with Crippen LogP contribution in [0.2, 0.25) is 0 Å². The van der Waals surface area contributed by atoms with Gasteiger partial charge in [0.2, 0.25) is 5.95 Å². The Morgan fingerprint density at radius 3 is 2.41 bits per heavy atom. The van der Waals surface area contributed by atoms with Gasteiger partial charge in [0.15, 0.2) is 0 Å². The van der Waals surface area contributed by atoms with E-state index in [2.05, 4.69) is 49.9 Å². The second kappa shape index (κ2) is 8.27. The Kier molecular flexibility index (Phi) is 5.20. The molecular weight excluding hydrogens is 334 g/mol. The van der Waals surface area contributed by atoms with E-state index in [1.54, 1.807) is 6.20 Å². The first-order chi connectivity index (χ1) is 13.4. The number of nitrogens with zero attached hydrogens (tertiary/aromatic N) is 3. The number of fused-ring (bicyclic) bond motifs is 1. The van der Waals surface area contributed by atoms with Gasteiger partial charge in [-0.3, -0.25) is 4.98 Å². The topological polar surface area (TPSA) is 62.7 Å². The maximum atomic E-state index is 4.69. The van der Waals surface area contributed by atoms with E-state index < -0.39 is 0 Å². The molecule has 2 heterocycles. The van der Waals surface area contributed by atoms with E-state index in [9.17, 15) is 0 Å². The lowest BCUT2D eigenvalue weighted by molar-refractivity contribution is 0.988. The third-order valence-electron chi connectivity index (χ3n) is 4.31. The quantitative estimate of drug-likeness (QED) is 0.518. The number of benzene rings is 2. The van der Waals surface area contributed by atoms with Crippen molar-refractivity contribution >= 4 is 22.7 Å². The van der Waals surface area contributed by atoms with E-state index >= 15 is 0 Å². The van der Waals surface area contributed by atoms with Crippen molar-refractivity contribution in [2.75, 3.05) is 17.2 Å². The molecule has 0 spiro atoms. The summed E-state index contributed by atoms with van der Waals surface area (Å²) < 4.78 is 0. The zero-order valence-electron chi connectivity index (χ0n) is 15.0. The molecule has 0 saturated carbocycles. The molecular formula is C22H21N5. The second-order valence-corrected chi connectivity index (χ2v) is 6.25. The Bertz CT molecular complexity index is 1000. The SMILES string of the molecule is c1ccc(CCNc2nc(NCc3ccccn3)nc3ccccc23)cc1. The summed E-state index contributed by atoms with van der Waals surface area (Å²) in [5, 5.41) is 7.77. The minimum Gasteiger partial charge on any atom is -0.369 e. The van der Waals surface area contributed by atoms with E-state index in [4.69, 9.17) is 0 Å². The van der Waals surface area contributed by atoms with Crippen LogP contribution in [-0.4, -0.2) is 21.5 Å². The monoisotopic (exact) mass is 355 g/mol. The van der Waals surface area contributed by atoms with Gasteiger partial charge in [-0.2, -0.15) is 4.98 Å². The summed E-state index contributed by atoms with van der Waals surface area (Å²) in [6.45, 7) is 1.40. The van der Waals surface area contributed by atoms with Crippen LogP contribution in [-0.2, 0) is 13.0 Å². The number of rotatable bonds is 7. The fourth-order valence-corrected chi connectivity index (χ4v) is 2.93. The summed E-state index contributed by atoms with van der Waals surface area (Å²) in [4.78, 5) is 13.6. The molecule has 0 fully saturated rings. The van der Waals surface area contributed by atoms with Gasteiger partial charge in [0.25, 0.3) is 0 Å². The van der Waals surface area contributed by atoms with Gasteiger partial charge in [0.1, 0.15) is 5.82 Å². The summed E-state index contributed by atoms with van der Waals surface area (Å²) in [5.41, 5.74) is 3.17. The Balaban J connectivity index is 1.51. The van der Waals surface area contributed by atoms with Crippen molar-refractivity contribution < 1.29 is 0 Å². The van der Waals surface area contributed by atoms with Crippen LogP contribution in [0.5, 0.6) is 0 Å². The summed E-state index contributed by atoms with van der Waals surface area (Å²) in [5.74, 6) is 1.45. The van der Waals surface area contributed by atoms with Crippen molar-refractivity contribution in [1.29, 1.82) is 0 Å². The van der Waals surface area contributed by atoms with Gasteiger partial charge in [-0.15, -0.1) is 0 Å². The van der Waals surface area contributed by atoms with E-state index in [1.807, 2.05) is 48.5 Å². The van der Waals surface area contributed by atoms with Crippen LogP contribution in [0.15, 0.2) is 79.0 Å². The number of nitrogens with one attached hydrogen (secondary N) is 2. The van der Waals surface area contributed by atoms with Crippen LogP contribution in [0.4, 0.5) is 11.8 Å². The lowest BCUT2D eigenvalue weighted by Gasteiger charge is -2.12. The first-order valence-electron chi connectivity index (χ1n) is 9.07. The third-order valence-corrected chi connectivity index (χ3v) is 4.31. The fraction of sp³-hybridized carbons (Fsp3) is 0.136. The highest BCUT2D eigenvalue weighted by Gasteiger charge is 2.07. The molecule has 5 heteroatoms. The molecule has 0 saturated heterocycles. The van der Waals surface area contributed by atoms with Gasteiger partial charge in [-0.1, -0.05) is 48.5 Å². The molecule has 134 valence electrons. The molecule has 4 aromatic rings. The van der Waals surface area contributed by atoms with Crippen LogP contribution in [0.1, 0.15) is 11.3 Å². The molecule has 0 unspecified atom stereocenters. The van der Waals surface area contributed by atoms with Gasteiger partial charge < -0.3 is 10.6 Å². The smallest absolute Gasteiger partial charge is 0.225 e. The molecule has 5 nitrogen and oxygen atoms in total. The van der Waals surface area contributed by atoms with Gasteiger partial charge in [0.05, 0.1) is 17.8 Å². The molecule has 2 aromatic heterocycles. The lowest BCUT2D eigenvalue weighted by Crippen LogP contribution is -2.10. The van der Waals surface area contributed by atoms with E-state index in [1.165, 1.54) is 5.56 Å². The van der Waals surface area contributed by atoms with E-state index in [-0.39, 0.29) is 0 Å². The van der Waals surface area contributed by atoms with Crippen molar-refractivity contribution in [2.24, 2.45) is 0 Å². The number of para-hydroxylation sites is 1. The zero-order valence-corrected chi connectivity index (χ0v) is 15.0. The second-order valence-electron chi connectivity index (χ2n) is 6.25. The third kappa shape index (κ3) is 4.39. The summed E-state index contributed by atoms with van der Waals surface area (Å²) in [6, 6.07) is 24.4. The number of hydrogen-bond donors (Lipinski definition) is 2. The van der Waals surface area contributed by atoms with Crippen LogP contribution in [0, 0.1) is 0 Å². The minimum atomic E-state index is 0.586. The van der Waals surface area contributed by atoms with Crippen LogP contribution < -0.4 is 10.6 Å². The largest absolute Gasteiger partial charge is 0.369 e. The van der Waals surface area contributed by atoms with Crippen molar-refractivity contribution in [2.45, 2.75) is 13.0 Å². The molecule has 4 rings (SSSR count). The Morgan fingerprint density at radius 2 is 1.56 bits per heavy atom. The predicted molar refractivity (Wildman–Crippen MR) is 110 cm³/mol. The Hall–Kier alpha value is -3.47. The highest BCUT2D eigenvalue weighted by Crippen LogP contribution is 2.22. The maximum absolute atomic E-state index is 4.69. The normalized spacial score (nSPS) is 10.7. The fourth-order valence-electron chi connectivity index (χ4n) is 2.93. The zero-order chi connectivity index (χ0) is 18.3. The van der Waals surface area contributed by atoms with Crippen LogP contribution in [0.25, 0.3) is 10.9 Å². The van der Waals surface area contributed by atoms with Crippen molar-refractivity contribution in [1.82, 2.24) is 15.0 Å². The van der Waals surface area contributed by atoms with Gasteiger partial charge in [-0.05, 0) is 36.2 Å². The number of anilines is 2. The highest BCUT2D eigenvalue weighted by atomic mass is 15.1. The first-order valence-corrected chi connectivity index (χ1v) is 9.07. The summed E-state index contributed by atoms with van der Waals surface area (Å²) in [7, 11) is 0. The number of hydrogen-bond acceptors (Lipinski definition) is 5. The van der Waals surface area contributed by atoms with Crippen LogP contribution in [0.3, 0.4) is 0 Å². The number of aromatic nitrogens is 3. The number of pyridine rings is 1. The molecule has 27 heavy (non-hydrogen) atoms. The van der Waals surface area contributed by atoms with Gasteiger partial charge >= 0.3 is 0 Å². The maximum Gasteiger partial charge on any atom is 0.225 e.